The quantitative estimate of drug-likeness (QED) is 0.320. The van der Waals surface area contributed by atoms with E-state index in [2.05, 4.69) is 20.5 Å². The summed E-state index contributed by atoms with van der Waals surface area (Å²) in [6.45, 7) is -1.50. The fraction of sp³-hybridized carbons (Fsp3) is 0.200. The molecular weight excluding hydrogens is 494 g/mol. The van der Waals surface area contributed by atoms with Gasteiger partial charge in [-0.15, -0.1) is 0 Å². The lowest BCUT2D eigenvalue weighted by molar-refractivity contribution is -0.137. The molecule has 2 amide bonds. The van der Waals surface area contributed by atoms with Crippen LogP contribution in [-0.2, 0) is 6.18 Å². The Hall–Kier alpha value is -4.48. The highest BCUT2D eigenvalue weighted by atomic mass is 19.4. The molecule has 37 heavy (non-hydrogen) atoms. The zero-order valence-electron chi connectivity index (χ0n) is 24.8. The Morgan fingerprint density at radius 1 is 1.11 bits per heavy atom. The molecule has 0 aliphatic heterocycles. The van der Waals surface area contributed by atoms with Crippen LogP contribution in [0, 0.1) is 5.82 Å². The van der Waals surface area contributed by atoms with Gasteiger partial charge in [-0.25, -0.2) is 9.37 Å². The minimum absolute atomic E-state index is 0.187. The summed E-state index contributed by atoms with van der Waals surface area (Å²) in [5, 5.41) is 10.9. The third-order valence-corrected chi connectivity index (χ3v) is 5.55. The van der Waals surface area contributed by atoms with Gasteiger partial charge in [-0.05, 0) is 48.9 Å². The zero-order valence-corrected chi connectivity index (χ0v) is 18.8. The standard InChI is InChI=1S/C25H21F4N5O3/c1-12(17-10-15(25(27,28)29)5-7-19(17)26)32-22(35)18-8-14(11-31-24(18)37-3)13-4-6-16-20(9-13)33-34-21(16)23(36)30-2/h4-12H,1-3H3,(H,30,36)(H,32,35)(H,33,34)/t12-/m0/s1/i2D3,3D3. The Balaban J connectivity index is 1.69. The van der Waals surface area contributed by atoms with Crippen LogP contribution in [0.3, 0.4) is 0 Å². The molecule has 3 N–H and O–H groups in total. The van der Waals surface area contributed by atoms with Crippen molar-refractivity contribution in [3.63, 3.8) is 0 Å². The van der Waals surface area contributed by atoms with Crippen LogP contribution in [0.4, 0.5) is 17.6 Å². The van der Waals surface area contributed by atoms with E-state index >= 15 is 0 Å². The number of nitrogens with one attached hydrogen (secondary N) is 3. The molecule has 4 aromatic rings. The van der Waals surface area contributed by atoms with E-state index < -0.39 is 66.4 Å². The minimum atomic E-state index is -4.76. The summed E-state index contributed by atoms with van der Waals surface area (Å²) >= 11 is 0. The number of nitrogens with zero attached hydrogens (tertiary/aromatic N) is 2. The van der Waals surface area contributed by atoms with Gasteiger partial charge in [0.05, 0.1) is 28.3 Å². The van der Waals surface area contributed by atoms with Gasteiger partial charge < -0.3 is 15.4 Å². The van der Waals surface area contributed by atoms with E-state index in [0.29, 0.717) is 29.3 Å². The molecule has 192 valence electrons. The summed E-state index contributed by atoms with van der Waals surface area (Å²) < 4.78 is 103. The van der Waals surface area contributed by atoms with Crippen molar-refractivity contribution in [2.45, 2.75) is 19.1 Å². The van der Waals surface area contributed by atoms with Crippen molar-refractivity contribution in [1.29, 1.82) is 0 Å². The summed E-state index contributed by atoms with van der Waals surface area (Å²) in [7, 11) is -3.02. The smallest absolute Gasteiger partial charge is 0.416 e. The Labute approximate surface area is 216 Å². The number of fused-ring (bicyclic) bond motifs is 1. The first-order valence-corrected chi connectivity index (χ1v) is 10.5. The second kappa shape index (κ2) is 9.88. The molecule has 0 bridgehead atoms. The number of hydrogen-bond acceptors (Lipinski definition) is 5. The summed E-state index contributed by atoms with van der Waals surface area (Å²) in [6, 6.07) is 6.09. The molecule has 0 spiro atoms. The van der Waals surface area contributed by atoms with Crippen molar-refractivity contribution in [2.75, 3.05) is 14.0 Å². The molecule has 0 radical (unpaired) electrons. The predicted molar refractivity (Wildman–Crippen MR) is 127 cm³/mol. The number of aromatic nitrogens is 3. The average molecular weight is 522 g/mol. The molecule has 0 unspecified atom stereocenters. The lowest BCUT2D eigenvalue weighted by Crippen LogP contribution is -2.28. The molecule has 4 rings (SSSR count). The largest absolute Gasteiger partial charge is 0.480 e. The number of aromatic amines is 1. The summed E-state index contributed by atoms with van der Waals surface area (Å²) in [5.41, 5.74) is -1.27. The molecule has 2 aromatic heterocycles. The van der Waals surface area contributed by atoms with Crippen LogP contribution in [0.2, 0.25) is 0 Å². The Bertz CT molecular complexity index is 1710. The SMILES string of the molecule is [2H]C([2H])([2H])NC(=O)c1n[nH]c2cc(-c3cnc(OC([2H])([2H])[2H])c(C(=O)N[C@@H](C)c4cc(C(F)(F)F)ccc4F)c3)ccc12. The Kier molecular flexibility index (Phi) is 5.00. The average Bonchev–Trinajstić information content (AvgIpc) is 3.30. The van der Waals surface area contributed by atoms with Gasteiger partial charge in [0.1, 0.15) is 11.4 Å². The summed E-state index contributed by atoms with van der Waals surface area (Å²) in [4.78, 5) is 29.5. The molecule has 0 aliphatic carbocycles. The molecule has 0 fully saturated rings. The van der Waals surface area contributed by atoms with Crippen molar-refractivity contribution < 1.29 is 40.1 Å². The van der Waals surface area contributed by atoms with E-state index in [1.165, 1.54) is 37.4 Å². The second-order valence-electron chi connectivity index (χ2n) is 7.89. The molecule has 2 aromatic carbocycles. The van der Waals surface area contributed by atoms with E-state index in [-0.39, 0.29) is 16.6 Å². The normalized spacial score (nSPS) is 15.4. The van der Waals surface area contributed by atoms with Gasteiger partial charge in [0, 0.05) is 33.8 Å². The van der Waals surface area contributed by atoms with E-state index in [4.69, 9.17) is 13.0 Å². The number of amides is 2. The van der Waals surface area contributed by atoms with E-state index in [0.717, 1.165) is 0 Å². The van der Waals surface area contributed by atoms with Crippen LogP contribution < -0.4 is 15.4 Å². The van der Waals surface area contributed by atoms with Gasteiger partial charge in [-0.2, -0.15) is 18.3 Å². The Morgan fingerprint density at radius 2 is 1.92 bits per heavy atom. The number of hydrogen-bond donors (Lipinski definition) is 3. The van der Waals surface area contributed by atoms with Crippen LogP contribution >= 0.6 is 0 Å². The van der Waals surface area contributed by atoms with E-state index in [9.17, 15) is 27.2 Å². The molecule has 12 heteroatoms. The zero-order chi connectivity index (χ0) is 31.9. The molecular formula is C25H21F4N5O3. The van der Waals surface area contributed by atoms with Gasteiger partial charge >= 0.3 is 6.18 Å². The van der Waals surface area contributed by atoms with Crippen LogP contribution in [-0.4, -0.2) is 41.0 Å². The van der Waals surface area contributed by atoms with Crippen molar-refractivity contribution in [2.24, 2.45) is 0 Å². The number of ether oxygens (including phenoxy) is 1. The maximum Gasteiger partial charge on any atom is 0.416 e. The third kappa shape index (κ3) is 5.08. The van der Waals surface area contributed by atoms with Crippen molar-refractivity contribution in [3.8, 4) is 17.0 Å². The lowest BCUT2D eigenvalue weighted by atomic mass is 10.0. The number of carbonyl (C=O) groups is 2. The molecule has 0 saturated heterocycles. The van der Waals surface area contributed by atoms with Gasteiger partial charge in [-0.3, -0.25) is 14.7 Å². The van der Waals surface area contributed by atoms with E-state index in [1.54, 1.807) is 0 Å². The third-order valence-electron chi connectivity index (χ3n) is 5.55. The number of benzene rings is 2. The van der Waals surface area contributed by atoms with E-state index in [1.807, 2.05) is 5.32 Å². The fourth-order valence-electron chi connectivity index (χ4n) is 3.69. The number of carbonyl (C=O) groups excluding carboxylic acids is 2. The fourth-order valence-corrected chi connectivity index (χ4v) is 3.69. The van der Waals surface area contributed by atoms with Gasteiger partial charge in [0.15, 0.2) is 5.69 Å². The number of pyridine rings is 1. The monoisotopic (exact) mass is 521 g/mol. The summed E-state index contributed by atoms with van der Waals surface area (Å²) in [5.74, 6) is -3.60. The number of methoxy groups -OCH3 is 1. The molecule has 8 nitrogen and oxygen atoms in total. The number of rotatable bonds is 6. The first-order chi connectivity index (χ1) is 19.8. The van der Waals surface area contributed by atoms with Gasteiger partial charge in [-0.1, -0.05) is 6.07 Å². The highest BCUT2D eigenvalue weighted by molar-refractivity contribution is 6.05. The number of H-pyrrole nitrogens is 1. The Morgan fingerprint density at radius 3 is 2.65 bits per heavy atom. The highest BCUT2D eigenvalue weighted by Gasteiger charge is 2.32. The second-order valence-corrected chi connectivity index (χ2v) is 7.89. The number of halogens is 4. The maximum absolute atomic E-state index is 14.4. The van der Waals surface area contributed by atoms with Crippen LogP contribution in [0.1, 0.15) is 53.2 Å². The molecule has 1 atom stereocenters. The first-order valence-electron chi connectivity index (χ1n) is 13.5. The van der Waals surface area contributed by atoms with Crippen LogP contribution in [0.15, 0.2) is 48.7 Å². The molecule has 0 aliphatic rings. The van der Waals surface area contributed by atoms with Crippen molar-refractivity contribution in [3.05, 3.63) is 76.9 Å². The maximum atomic E-state index is 14.4. The highest BCUT2D eigenvalue weighted by Crippen LogP contribution is 2.32. The lowest BCUT2D eigenvalue weighted by Gasteiger charge is -2.18. The molecule has 0 saturated carbocycles. The van der Waals surface area contributed by atoms with Gasteiger partial charge in [0.2, 0.25) is 5.88 Å². The predicted octanol–water partition coefficient (Wildman–Crippen LogP) is 4.64. The number of alkyl halides is 3. The molecule has 2 heterocycles. The summed E-state index contributed by atoms with van der Waals surface area (Å²) in [6.07, 6.45) is -3.57. The van der Waals surface area contributed by atoms with Crippen LogP contribution in [0.25, 0.3) is 22.0 Å². The van der Waals surface area contributed by atoms with Crippen LogP contribution in [0.5, 0.6) is 5.88 Å². The van der Waals surface area contributed by atoms with Gasteiger partial charge in [0.25, 0.3) is 11.8 Å². The first kappa shape index (κ1) is 18.7. The minimum Gasteiger partial charge on any atom is -0.480 e. The van der Waals surface area contributed by atoms with Crippen molar-refractivity contribution in [1.82, 2.24) is 25.8 Å². The van der Waals surface area contributed by atoms with Crippen molar-refractivity contribution >= 4 is 22.7 Å². The topological polar surface area (TPSA) is 109 Å².